The smallest absolute Gasteiger partial charge is 0.330 e. The molecule has 7 heteroatoms. The Labute approximate surface area is 125 Å². The van der Waals surface area contributed by atoms with Gasteiger partial charge in [0.1, 0.15) is 6.61 Å². The summed E-state index contributed by atoms with van der Waals surface area (Å²) < 4.78 is 16.0. The van der Waals surface area contributed by atoms with E-state index in [4.69, 9.17) is 18.7 Å². The molecule has 20 heavy (non-hydrogen) atoms. The minimum atomic E-state index is -1.58. The molecule has 0 rings (SSSR count). The van der Waals surface area contributed by atoms with Crippen LogP contribution in [0, 0.1) is 0 Å². The van der Waals surface area contributed by atoms with E-state index in [-0.39, 0.29) is 13.2 Å². The molecule has 0 fully saturated rings. The van der Waals surface area contributed by atoms with Gasteiger partial charge in [-0.25, -0.2) is 4.79 Å². The zero-order valence-electron chi connectivity index (χ0n) is 12.5. The molecular formula is C13H26O5Si2. The lowest BCUT2D eigenvalue weighted by atomic mass is 10.5. The van der Waals surface area contributed by atoms with Crippen LogP contribution in [0.4, 0.5) is 0 Å². The number of ether oxygens (including phenoxy) is 2. The maximum Gasteiger partial charge on any atom is 0.330 e. The molecule has 0 atom stereocenters. The van der Waals surface area contributed by atoms with Crippen LogP contribution in [0.5, 0.6) is 0 Å². The number of hydrogen-bond donors (Lipinski definition) is 1. The number of carbonyl (C=O) groups is 1. The van der Waals surface area contributed by atoms with Crippen LogP contribution in [0.2, 0.25) is 25.2 Å². The molecule has 5 nitrogen and oxygen atoms in total. The molecule has 0 heterocycles. The summed E-state index contributed by atoms with van der Waals surface area (Å²) in [6, 6.07) is 1.99. The van der Waals surface area contributed by atoms with Crippen LogP contribution in [-0.4, -0.2) is 55.6 Å². The van der Waals surface area contributed by atoms with Gasteiger partial charge in [0.25, 0.3) is 0 Å². The fourth-order valence-corrected chi connectivity index (χ4v) is 5.09. The summed E-state index contributed by atoms with van der Waals surface area (Å²) in [6.07, 6.45) is 2.91. The summed E-state index contributed by atoms with van der Waals surface area (Å²) in [5.41, 5.74) is 0. The van der Waals surface area contributed by atoms with E-state index in [1.165, 1.54) is 0 Å². The first kappa shape index (κ1) is 19.5. The fraction of sp³-hybridized carbons (Fsp3) is 0.769. The van der Waals surface area contributed by atoms with Gasteiger partial charge in [0.2, 0.25) is 9.76 Å². The number of carbonyl (C=O) groups excluding carboxylic acids is 1. The maximum absolute atomic E-state index is 10.7. The predicted octanol–water partition coefficient (Wildman–Crippen LogP) is 1.76. The molecule has 0 aromatic rings. The van der Waals surface area contributed by atoms with Crippen molar-refractivity contribution in [2.24, 2.45) is 0 Å². The van der Waals surface area contributed by atoms with Crippen molar-refractivity contribution in [2.45, 2.75) is 38.0 Å². The SMILES string of the molecule is C=CC(=O)OCCOCCC[Si]O[Si](C)(C)CCCO. The zero-order chi connectivity index (χ0) is 15.3. The van der Waals surface area contributed by atoms with E-state index in [0.29, 0.717) is 23.0 Å². The summed E-state index contributed by atoms with van der Waals surface area (Å²) in [7, 11) is -1.07. The Bertz CT molecular complexity index is 271. The molecule has 0 saturated carbocycles. The van der Waals surface area contributed by atoms with Gasteiger partial charge in [0.05, 0.1) is 6.61 Å². The molecule has 0 bridgehead atoms. The van der Waals surface area contributed by atoms with Crippen LogP contribution in [0.25, 0.3) is 0 Å². The summed E-state index contributed by atoms with van der Waals surface area (Å²) >= 11 is 0. The van der Waals surface area contributed by atoms with E-state index < -0.39 is 14.3 Å². The second-order valence-electron chi connectivity index (χ2n) is 4.92. The first-order chi connectivity index (χ1) is 9.52. The van der Waals surface area contributed by atoms with E-state index in [0.717, 1.165) is 31.0 Å². The standard InChI is InChI=1S/C13H26O5Si2/c1-4-13(15)17-10-9-16-8-6-11-19-18-20(2,3)12-5-7-14/h4,14H,1,5-12H2,2-3H3. The van der Waals surface area contributed by atoms with Gasteiger partial charge < -0.3 is 18.7 Å². The lowest BCUT2D eigenvalue weighted by molar-refractivity contribution is -0.139. The number of hydrogen-bond acceptors (Lipinski definition) is 5. The van der Waals surface area contributed by atoms with E-state index in [9.17, 15) is 4.79 Å². The van der Waals surface area contributed by atoms with Crippen molar-refractivity contribution >= 4 is 24.0 Å². The third-order valence-electron chi connectivity index (χ3n) is 2.49. The molecule has 0 aliphatic heterocycles. The summed E-state index contributed by atoms with van der Waals surface area (Å²) in [6.45, 7) is 9.25. The lowest BCUT2D eigenvalue weighted by Crippen LogP contribution is -2.32. The molecule has 0 amide bonds. The molecule has 0 unspecified atom stereocenters. The van der Waals surface area contributed by atoms with Crippen LogP contribution < -0.4 is 0 Å². The first-order valence-corrected chi connectivity index (χ1v) is 11.1. The number of aliphatic hydroxyl groups is 1. The van der Waals surface area contributed by atoms with E-state index in [2.05, 4.69) is 19.7 Å². The second kappa shape index (κ2) is 12.3. The quantitative estimate of drug-likeness (QED) is 0.243. The van der Waals surface area contributed by atoms with Gasteiger partial charge in [0.15, 0.2) is 8.32 Å². The minimum Gasteiger partial charge on any atom is -0.460 e. The Morgan fingerprint density at radius 3 is 2.70 bits per heavy atom. The number of rotatable bonds is 13. The molecule has 1 N–H and O–H groups in total. The zero-order valence-corrected chi connectivity index (χ0v) is 14.5. The van der Waals surface area contributed by atoms with Crippen LogP contribution in [0.1, 0.15) is 12.8 Å². The second-order valence-corrected chi connectivity index (χ2v) is 10.5. The van der Waals surface area contributed by atoms with Crippen molar-refractivity contribution < 1.29 is 23.5 Å². The van der Waals surface area contributed by atoms with Gasteiger partial charge in [-0.1, -0.05) is 6.58 Å². The summed E-state index contributed by atoms with van der Waals surface area (Å²) in [5, 5.41) is 8.81. The largest absolute Gasteiger partial charge is 0.460 e. The lowest BCUT2D eigenvalue weighted by Gasteiger charge is -2.22. The monoisotopic (exact) mass is 318 g/mol. The van der Waals surface area contributed by atoms with Gasteiger partial charge >= 0.3 is 5.97 Å². The fourth-order valence-electron chi connectivity index (χ4n) is 1.41. The molecule has 116 valence electrons. The molecule has 0 spiro atoms. The van der Waals surface area contributed by atoms with Gasteiger partial charge in [0, 0.05) is 19.3 Å². The van der Waals surface area contributed by atoms with Gasteiger partial charge in [-0.2, -0.15) is 0 Å². The molecule has 0 saturated heterocycles. The molecule has 0 aromatic heterocycles. The highest BCUT2D eigenvalue weighted by Gasteiger charge is 2.20. The normalized spacial score (nSPS) is 11.3. The molecule has 2 radical (unpaired) electrons. The first-order valence-electron chi connectivity index (χ1n) is 6.90. The van der Waals surface area contributed by atoms with Crippen molar-refractivity contribution in [3.8, 4) is 0 Å². The molecule has 0 aliphatic rings. The van der Waals surface area contributed by atoms with Crippen molar-refractivity contribution in [3.63, 3.8) is 0 Å². The Kier molecular flexibility index (Phi) is 12.0. The Balaban J connectivity index is 3.32. The highest BCUT2D eigenvalue weighted by Crippen LogP contribution is 2.13. The predicted molar refractivity (Wildman–Crippen MR) is 82.2 cm³/mol. The number of esters is 1. The van der Waals surface area contributed by atoms with E-state index in [1.807, 2.05) is 0 Å². The topological polar surface area (TPSA) is 65.0 Å². The molecule has 0 aromatic carbocycles. The van der Waals surface area contributed by atoms with Crippen molar-refractivity contribution in [2.75, 3.05) is 26.4 Å². The van der Waals surface area contributed by atoms with Crippen molar-refractivity contribution in [3.05, 3.63) is 12.7 Å². The van der Waals surface area contributed by atoms with Gasteiger partial charge in [-0.15, -0.1) is 0 Å². The number of aliphatic hydroxyl groups excluding tert-OH is 1. The van der Waals surface area contributed by atoms with Crippen molar-refractivity contribution in [1.29, 1.82) is 0 Å². The highest BCUT2D eigenvalue weighted by molar-refractivity contribution is 6.75. The highest BCUT2D eigenvalue weighted by atomic mass is 28.4. The van der Waals surface area contributed by atoms with Gasteiger partial charge in [-0.3, -0.25) is 0 Å². The van der Waals surface area contributed by atoms with Crippen molar-refractivity contribution in [1.82, 2.24) is 0 Å². The van der Waals surface area contributed by atoms with Crippen LogP contribution in [-0.2, 0) is 18.4 Å². The van der Waals surface area contributed by atoms with Crippen LogP contribution >= 0.6 is 0 Å². The Hall–Kier alpha value is -0.476. The minimum absolute atomic E-state index is 0.243. The van der Waals surface area contributed by atoms with Gasteiger partial charge in [-0.05, 0) is 38.0 Å². The van der Waals surface area contributed by atoms with E-state index >= 15 is 0 Å². The molecular weight excluding hydrogens is 292 g/mol. The summed E-state index contributed by atoms with van der Waals surface area (Å²) in [5.74, 6) is -0.418. The maximum atomic E-state index is 10.7. The Morgan fingerprint density at radius 2 is 2.05 bits per heavy atom. The summed E-state index contributed by atoms with van der Waals surface area (Å²) in [4.78, 5) is 10.7. The van der Waals surface area contributed by atoms with Crippen LogP contribution in [0.15, 0.2) is 12.7 Å². The average Bonchev–Trinajstić information content (AvgIpc) is 2.43. The Morgan fingerprint density at radius 1 is 1.30 bits per heavy atom. The van der Waals surface area contributed by atoms with E-state index in [1.54, 1.807) is 0 Å². The average molecular weight is 319 g/mol. The third kappa shape index (κ3) is 12.6. The molecule has 0 aliphatic carbocycles. The van der Waals surface area contributed by atoms with Crippen LogP contribution in [0.3, 0.4) is 0 Å². The third-order valence-corrected chi connectivity index (χ3v) is 7.39.